The normalized spacial score (nSPS) is 11.6. The van der Waals surface area contributed by atoms with Gasteiger partial charge in [-0.15, -0.1) is 11.3 Å². The first kappa shape index (κ1) is 14.8. The quantitative estimate of drug-likeness (QED) is 0.849. The van der Waals surface area contributed by atoms with Crippen LogP contribution in [0.3, 0.4) is 0 Å². The van der Waals surface area contributed by atoms with E-state index in [2.05, 4.69) is 0 Å². The molecule has 0 atom stereocenters. The Morgan fingerprint density at radius 1 is 1.15 bits per heavy atom. The highest BCUT2D eigenvalue weighted by molar-refractivity contribution is 7.94. The van der Waals surface area contributed by atoms with Gasteiger partial charge in [0.05, 0.1) is 5.69 Å². The average Bonchev–Trinajstić information content (AvgIpc) is 2.85. The number of rotatable bonds is 4. The number of hydrogen-bond donors (Lipinski definition) is 2. The zero-order chi connectivity index (χ0) is 14.9. The highest BCUT2D eigenvalue weighted by atomic mass is 32.2. The molecule has 0 aliphatic heterocycles. The largest absolute Gasteiger partial charge is 0.326 e. The maximum absolute atomic E-state index is 13.0. The topological polar surface area (TPSA) is 72.2 Å². The SMILES string of the molecule is NCc1ccc(S(=O)(=O)Nc2cc(F)c(F)c(F)c2)s1. The van der Waals surface area contributed by atoms with Crippen molar-refractivity contribution in [3.8, 4) is 0 Å². The third-order valence-electron chi connectivity index (χ3n) is 2.34. The van der Waals surface area contributed by atoms with Crippen LogP contribution in [0.25, 0.3) is 0 Å². The molecule has 0 radical (unpaired) electrons. The van der Waals surface area contributed by atoms with Crippen LogP contribution in [-0.4, -0.2) is 8.42 Å². The van der Waals surface area contributed by atoms with Gasteiger partial charge in [0.1, 0.15) is 4.21 Å². The van der Waals surface area contributed by atoms with Gasteiger partial charge in [0, 0.05) is 23.6 Å². The summed E-state index contributed by atoms with van der Waals surface area (Å²) in [4.78, 5) is 0.641. The number of hydrogen-bond acceptors (Lipinski definition) is 4. The fourth-order valence-electron chi connectivity index (χ4n) is 1.43. The molecule has 2 rings (SSSR count). The van der Waals surface area contributed by atoms with Crippen LogP contribution < -0.4 is 10.5 Å². The molecular formula is C11H9F3N2O2S2. The number of anilines is 1. The predicted molar refractivity (Wildman–Crippen MR) is 69.3 cm³/mol. The van der Waals surface area contributed by atoms with E-state index >= 15 is 0 Å². The summed E-state index contributed by atoms with van der Waals surface area (Å²) in [6.07, 6.45) is 0. The fourth-order valence-corrected chi connectivity index (χ4v) is 3.71. The van der Waals surface area contributed by atoms with Crippen molar-refractivity contribution in [1.82, 2.24) is 0 Å². The van der Waals surface area contributed by atoms with Crippen molar-refractivity contribution in [1.29, 1.82) is 0 Å². The van der Waals surface area contributed by atoms with E-state index in [1.165, 1.54) is 12.1 Å². The summed E-state index contributed by atoms with van der Waals surface area (Å²) < 4.78 is 64.6. The van der Waals surface area contributed by atoms with E-state index in [1.54, 1.807) is 0 Å². The molecule has 1 aromatic carbocycles. The molecule has 0 unspecified atom stereocenters. The van der Waals surface area contributed by atoms with Gasteiger partial charge in [0.2, 0.25) is 0 Å². The molecule has 0 bridgehead atoms. The molecule has 1 aromatic heterocycles. The summed E-state index contributed by atoms with van der Waals surface area (Å²) in [5, 5.41) is 0. The Labute approximate surface area is 117 Å². The summed E-state index contributed by atoms with van der Waals surface area (Å²) in [5.41, 5.74) is 4.97. The highest BCUT2D eigenvalue weighted by Gasteiger charge is 2.19. The maximum Gasteiger partial charge on any atom is 0.271 e. The number of nitrogens with one attached hydrogen (secondary N) is 1. The van der Waals surface area contributed by atoms with Crippen LogP contribution in [0.2, 0.25) is 0 Å². The number of sulfonamides is 1. The molecule has 4 nitrogen and oxygen atoms in total. The molecule has 2 aromatic rings. The van der Waals surface area contributed by atoms with E-state index in [4.69, 9.17) is 5.73 Å². The Bertz CT molecular complexity index is 721. The lowest BCUT2D eigenvalue weighted by Gasteiger charge is -2.07. The second-order valence-electron chi connectivity index (χ2n) is 3.78. The molecule has 0 saturated carbocycles. The van der Waals surface area contributed by atoms with Crippen LogP contribution in [0.4, 0.5) is 18.9 Å². The number of thiophene rings is 1. The van der Waals surface area contributed by atoms with Gasteiger partial charge in [-0.1, -0.05) is 0 Å². The zero-order valence-electron chi connectivity index (χ0n) is 9.86. The predicted octanol–water partition coefficient (Wildman–Crippen LogP) is 2.42. The standard InChI is InChI=1S/C11H9F3N2O2S2/c12-8-3-6(4-9(13)11(8)14)16-20(17,18)10-2-1-7(5-15)19-10/h1-4,16H,5,15H2. The minimum atomic E-state index is -3.99. The summed E-state index contributed by atoms with van der Waals surface area (Å²) in [7, 11) is -3.99. The first-order valence-electron chi connectivity index (χ1n) is 5.29. The van der Waals surface area contributed by atoms with Gasteiger partial charge in [0.15, 0.2) is 17.5 Å². The van der Waals surface area contributed by atoms with Crippen molar-refractivity contribution in [2.75, 3.05) is 4.72 Å². The van der Waals surface area contributed by atoms with Crippen LogP contribution in [-0.2, 0) is 16.6 Å². The fraction of sp³-hybridized carbons (Fsp3) is 0.0909. The summed E-state index contributed by atoms with van der Waals surface area (Å²) in [5.74, 6) is -4.61. The monoisotopic (exact) mass is 322 g/mol. The van der Waals surface area contributed by atoms with Gasteiger partial charge in [-0.05, 0) is 12.1 Å². The van der Waals surface area contributed by atoms with Crippen LogP contribution >= 0.6 is 11.3 Å². The Kier molecular flexibility index (Phi) is 4.02. The van der Waals surface area contributed by atoms with Crippen molar-refractivity contribution < 1.29 is 21.6 Å². The van der Waals surface area contributed by atoms with E-state index in [-0.39, 0.29) is 10.8 Å². The van der Waals surface area contributed by atoms with E-state index in [0.29, 0.717) is 17.0 Å². The smallest absolute Gasteiger partial charge is 0.271 e. The number of benzene rings is 1. The van der Waals surface area contributed by atoms with Crippen molar-refractivity contribution in [3.05, 3.63) is 46.6 Å². The van der Waals surface area contributed by atoms with Crippen molar-refractivity contribution >= 4 is 27.0 Å². The molecule has 3 N–H and O–H groups in total. The van der Waals surface area contributed by atoms with Crippen molar-refractivity contribution in [2.24, 2.45) is 5.73 Å². The van der Waals surface area contributed by atoms with Crippen molar-refractivity contribution in [3.63, 3.8) is 0 Å². The Morgan fingerprint density at radius 2 is 1.75 bits per heavy atom. The third-order valence-corrected chi connectivity index (χ3v) is 5.32. The Balaban J connectivity index is 2.33. The molecule has 0 aliphatic rings. The first-order chi connectivity index (χ1) is 9.33. The Hall–Kier alpha value is -1.58. The van der Waals surface area contributed by atoms with Gasteiger partial charge in [0.25, 0.3) is 10.0 Å². The lowest BCUT2D eigenvalue weighted by atomic mass is 10.3. The first-order valence-corrected chi connectivity index (χ1v) is 7.59. The molecule has 0 fully saturated rings. The molecule has 0 saturated heterocycles. The van der Waals surface area contributed by atoms with Crippen LogP contribution in [0.15, 0.2) is 28.5 Å². The van der Waals surface area contributed by atoms with E-state index in [1.807, 2.05) is 4.72 Å². The molecule has 0 amide bonds. The maximum atomic E-state index is 13.0. The van der Waals surface area contributed by atoms with Gasteiger partial charge in [-0.3, -0.25) is 4.72 Å². The molecule has 108 valence electrons. The summed E-state index contributed by atoms with van der Waals surface area (Å²) >= 11 is 0.934. The Morgan fingerprint density at radius 3 is 2.25 bits per heavy atom. The second kappa shape index (κ2) is 5.43. The lowest BCUT2D eigenvalue weighted by molar-refractivity contribution is 0.448. The number of nitrogens with two attached hydrogens (primary N) is 1. The van der Waals surface area contributed by atoms with Gasteiger partial charge >= 0.3 is 0 Å². The minimum absolute atomic E-state index is 0.0527. The van der Waals surface area contributed by atoms with Crippen LogP contribution in [0.5, 0.6) is 0 Å². The van der Waals surface area contributed by atoms with Crippen LogP contribution in [0, 0.1) is 17.5 Å². The molecule has 9 heteroatoms. The summed E-state index contributed by atoms with van der Waals surface area (Å²) in [6, 6.07) is 3.98. The molecular weight excluding hydrogens is 313 g/mol. The molecule has 0 aliphatic carbocycles. The van der Waals surface area contributed by atoms with Gasteiger partial charge in [-0.2, -0.15) is 0 Å². The minimum Gasteiger partial charge on any atom is -0.326 e. The van der Waals surface area contributed by atoms with E-state index < -0.39 is 33.2 Å². The zero-order valence-corrected chi connectivity index (χ0v) is 11.5. The molecule has 0 spiro atoms. The molecule has 1 heterocycles. The van der Waals surface area contributed by atoms with E-state index in [9.17, 15) is 21.6 Å². The number of halogens is 3. The van der Waals surface area contributed by atoms with Crippen LogP contribution in [0.1, 0.15) is 4.88 Å². The average molecular weight is 322 g/mol. The summed E-state index contributed by atoms with van der Waals surface area (Å²) in [6.45, 7) is 0.181. The van der Waals surface area contributed by atoms with Gasteiger partial charge in [-0.25, -0.2) is 21.6 Å². The highest BCUT2D eigenvalue weighted by Crippen LogP contribution is 2.25. The molecule has 20 heavy (non-hydrogen) atoms. The van der Waals surface area contributed by atoms with Crippen molar-refractivity contribution in [2.45, 2.75) is 10.8 Å². The van der Waals surface area contributed by atoms with E-state index in [0.717, 1.165) is 11.3 Å². The third kappa shape index (κ3) is 2.94. The van der Waals surface area contributed by atoms with Gasteiger partial charge < -0.3 is 5.73 Å². The lowest BCUT2D eigenvalue weighted by Crippen LogP contribution is -2.12. The second-order valence-corrected chi connectivity index (χ2v) is 6.86.